The van der Waals surface area contributed by atoms with Crippen molar-refractivity contribution >= 4 is 23.3 Å². The molecule has 164 valence electrons. The number of carbonyl (C=O) groups is 3. The molecular weight excluding hydrogens is 388 g/mol. The van der Waals surface area contributed by atoms with Gasteiger partial charge in [0, 0.05) is 31.5 Å². The number of rotatable bonds is 6. The number of amides is 2. The fourth-order valence-electron chi connectivity index (χ4n) is 4.39. The van der Waals surface area contributed by atoms with Crippen molar-refractivity contribution in [2.45, 2.75) is 47.0 Å². The fraction of sp³-hybridized carbons (Fsp3) is 0.423. The second-order valence-electron chi connectivity index (χ2n) is 8.99. The molecule has 1 aliphatic rings. The molecule has 2 amide bonds. The van der Waals surface area contributed by atoms with Gasteiger partial charge in [0.05, 0.1) is 11.3 Å². The number of aryl methyl sites for hydroxylation is 2. The highest BCUT2D eigenvalue weighted by atomic mass is 16.2. The van der Waals surface area contributed by atoms with Crippen LogP contribution in [0.2, 0.25) is 0 Å². The van der Waals surface area contributed by atoms with Gasteiger partial charge in [-0.2, -0.15) is 0 Å². The summed E-state index contributed by atoms with van der Waals surface area (Å²) in [5.41, 5.74) is 3.60. The molecule has 1 aliphatic heterocycles. The number of piperidine rings is 1. The van der Waals surface area contributed by atoms with E-state index in [1.54, 1.807) is 18.2 Å². The van der Waals surface area contributed by atoms with E-state index < -0.39 is 0 Å². The second kappa shape index (κ2) is 9.90. The zero-order valence-electron chi connectivity index (χ0n) is 18.9. The molecule has 1 N–H and O–H groups in total. The topological polar surface area (TPSA) is 66.5 Å². The van der Waals surface area contributed by atoms with E-state index in [-0.39, 0.29) is 30.4 Å². The van der Waals surface area contributed by atoms with Crippen LogP contribution in [-0.2, 0) is 4.79 Å². The largest absolute Gasteiger partial charge is 0.338 e. The van der Waals surface area contributed by atoms with Crippen LogP contribution in [0.15, 0.2) is 42.5 Å². The van der Waals surface area contributed by atoms with Crippen LogP contribution < -0.4 is 5.32 Å². The van der Waals surface area contributed by atoms with Crippen LogP contribution in [0.5, 0.6) is 0 Å². The van der Waals surface area contributed by atoms with Gasteiger partial charge in [0.25, 0.3) is 5.91 Å². The molecule has 0 aromatic heterocycles. The summed E-state index contributed by atoms with van der Waals surface area (Å²) in [4.78, 5) is 40.2. The van der Waals surface area contributed by atoms with E-state index in [1.165, 1.54) is 0 Å². The van der Waals surface area contributed by atoms with Crippen LogP contribution in [-0.4, -0.2) is 35.6 Å². The molecule has 5 heteroatoms. The first-order valence-corrected chi connectivity index (χ1v) is 11.0. The van der Waals surface area contributed by atoms with Crippen LogP contribution in [0.1, 0.15) is 65.0 Å². The molecule has 5 nitrogen and oxygen atoms in total. The van der Waals surface area contributed by atoms with E-state index in [2.05, 4.69) is 19.2 Å². The van der Waals surface area contributed by atoms with E-state index in [9.17, 15) is 14.4 Å². The third kappa shape index (κ3) is 5.81. The third-order valence-corrected chi connectivity index (χ3v) is 5.86. The number of para-hydroxylation sites is 1. The van der Waals surface area contributed by atoms with Crippen LogP contribution in [0, 0.1) is 25.7 Å². The molecule has 2 aromatic carbocycles. The summed E-state index contributed by atoms with van der Waals surface area (Å²) in [6.07, 6.45) is 1.33. The zero-order valence-corrected chi connectivity index (χ0v) is 18.9. The van der Waals surface area contributed by atoms with Gasteiger partial charge in [-0.1, -0.05) is 43.7 Å². The smallest absolute Gasteiger partial charge is 0.255 e. The van der Waals surface area contributed by atoms with Gasteiger partial charge in [-0.3, -0.25) is 14.4 Å². The maximum absolute atomic E-state index is 13.1. The first-order chi connectivity index (χ1) is 14.7. The number of likely N-dealkylation sites (tertiary alicyclic amines) is 1. The number of nitrogens with one attached hydrogen (secondary N) is 1. The van der Waals surface area contributed by atoms with Crippen LogP contribution >= 0.6 is 0 Å². The Kier molecular flexibility index (Phi) is 7.26. The Bertz CT molecular complexity index is 972. The summed E-state index contributed by atoms with van der Waals surface area (Å²) < 4.78 is 0. The molecule has 1 heterocycles. The normalized spacial score (nSPS) is 18.5. The van der Waals surface area contributed by atoms with Crippen molar-refractivity contribution in [3.63, 3.8) is 0 Å². The molecule has 1 saturated heterocycles. The summed E-state index contributed by atoms with van der Waals surface area (Å²) in [5, 5.41) is 2.85. The first kappa shape index (κ1) is 22.7. The molecule has 0 spiro atoms. The molecule has 1 fully saturated rings. The van der Waals surface area contributed by atoms with E-state index >= 15 is 0 Å². The number of nitrogens with zero attached hydrogens (tertiary/aromatic N) is 1. The summed E-state index contributed by atoms with van der Waals surface area (Å²) in [7, 11) is 0. The molecular formula is C26H32N2O3. The minimum absolute atomic E-state index is 0.0444. The van der Waals surface area contributed by atoms with E-state index in [0.717, 1.165) is 30.6 Å². The highest BCUT2D eigenvalue weighted by molar-refractivity contribution is 6.05. The van der Waals surface area contributed by atoms with Gasteiger partial charge >= 0.3 is 0 Å². The minimum atomic E-state index is -0.265. The molecule has 2 unspecified atom stereocenters. The second-order valence-corrected chi connectivity index (χ2v) is 8.99. The molecule has 2 atom stereocenters. The van der Waals surface area contributed by atoms with Crippen molar-refractivity contribution in [2.24, 2.45) is 11.8 Å². The van der Waals surface area contributed by atoms with Gasteiger partial charge in [-0.25, -0.2) is 0 Å². The van der Waals surface area contributed by atoms with Gasteiger partial charge in [0.15, 0.2) is 5.78 Å². The van der Waals surface area contributed by atoms with Gasteiger partial charge in [-0.15, -0.1) is 0 Å². The lowest BCUT2D eigenvalue weighted by molar-refractivity contribution is -0.116. The van der Waals surface area contributed by atoms with Crippen molar-refractivity contribution in [3.8, 4) is 0 Å². The quantitative estimate of drug-likeness (QED) is 0.667. The summed E-state index contributed by atoms with van der Waals surface area (Å²) in [6, 6.07) is 12.9. The zero-order chi connectivity index (χ0) is 22.5. The van der Waals surface area contributed by atoms with Crippen LogP contribution in [0.4, 0.5) is 5.69 Å². The Morgan fingerprint density at radius 3 is 2.32 bits per heavy atom. The Morgan fingerprint density at radius 2 is 1.61 bits per heavy atom. The summed E-state index contributed by atoms with van der Waals surface area (Å²) >= 11 is 0. The predicted octanol–water partition coefficient (Wildman–Crippen LogP) is 5.02. The summed E-state index contributed by atoms with van der Waals surface area (Å²) in [6.45, 7) is 9.64. The third-order valence-electron chi connectivity index (χ3n) is 5.86. The van der Waals surface area contributed by atoms with Gasteiger partial charge in [0.2, 0.25) is 5.91 Å². The number of anilines is 1. The molecule has 0 bridgehead atoms. The van der Waals surface area contributed by atoms with E-state index in [1.807, 2.05) is 43.0 Å². The first-order valence-electron chi connectivity index (χ1n) is 11.0. The van der Waals surface area contributed by atoms with E-state index in [4.69, 9.17) is 0 Å². The van der Waals surface area contributed by atoms with Gasteiger partial charge in [0.1, 0.15) is 0 Å². The molecule has 2 aromatic rings. The van der Waals surface area contributed by atoms with Gasteiger partial charge < -0.3 is 10.2 Å². The number of hydrogen-bond acceptors (Lipinski definition) is 3. The average molecular weight is 421 g/mol. The Labute approximate surface area is 184 Å². The maximum atomic E-state index is 13.1. The standard InChI is InChI=1S/C26H32N2O3/c1-17-9-10-20(4)22(14-17)24(29)11-12-25(30)27-23-8-6-5-7-21(23)26(31)28-15-18(2)13-19(3)16-28/h5-10,14,18-19H,11-13,15-16H2,1-4H3,(H,27,30). The SMILES string of the molecule is Cc1ccc(C)c(C(=O)CCC(=O)Nc2ccccc2C(=O)N2CC(C)CC(C)C2)c1. The number of hydrogen-bond donors (Lipinski definition) is 1. The molecule has 0 saturated carbocycles. The average Bonchev–Trinajstić information content (AvgIpc) is 2.73. The molecule has 0 radical (unpaired) electrons. The highest BCUT2D eigenvalue weighted by Crippen LogP contribution is 2.25. The molecule has 31 heavy (non-hydrogen) atoms. The van der Waals surface area contributed by atoms with Crippen molar-refractivity contribution < 1.29 is 14.4 Å². The van der Waals surface area contributed by atoms with Crippen molar-refractivity contribution in [2.75, 3.05) is 18.4 Å². The predicted molar refractivity (Wildman–Crippen MR) is 123 cm³/mol. The summed E-state index contributed by atoms with van der Waals surface area (Å²) in [5.74, 6) is 0.563. The fourth-order valence-corrected chi connectivity index (χ4v) is 4.39. The minimum Gasteiger partial charge on any atom is -0.338 e. The van der Waals surface area contributed by atoms with Crippen LogP contribution in [0.3, 0.4) is 0 Å². The Balaban J connectivity index is 1.65. The molecule has 3 rings (SSSR count). The van der Waals surface area contributed by atoms with Crippen LogP contribution in [0.25, 0.3) is 0 Å². The number of benzene rings is 2. The van der Waals surface area contributed by atoms with Crippen molar-refractivity contribution in [1.82, 2.24) is 4.90 Å². The van der Waals surface area contributed by atoms with Crippen molar-refractivity contribution in [3.05, 3.63) is 64.7 Å². The Hall–Kier alpha value is -2.95. The monoisotopic (exact) mass is 420 g/mol. The maximum Gasteiger partial charge on any atom is 0.255 e. The lowest BCUT2D eigenvalue weighted by Crippen LogP contribution is -2.42. The lowest BCUT2D eigenvalue weighted by atomic mass is 9.91. The van der Waals surface area contributed by atoms with E-state index in [0.29, 0.717) is 28.7 Å². The highest BCUT2D eigenvalue weighted by Gasteiger charge is 2.27. The Morgan fingerprint density at radius 1 is 0.935 bits per heavy atom. The number of ketones is 1. The molecule has 0 aliphatic carbocycles. The lowest BCUT2D eigenvalue weighted by Gasteiger charge is -2.35. The number of carbonyl (C=O) groups excluding carboxylic acids is 3. The van der Waals surface area contributed by atoms with Crippen molar-refractivity contribution in [1.29, 1.82) is 0 Å². The number of Topliss-reactive ketones (excluding diaryl/α,β-unsaturated/α-hetero) is 1. The van der Waals surface area contributed by atoms with Gasteiger partial charge in [-0.05, 0) is 55.9 Å².